The summed E-state index contributed by atoms with van der Waals surface area (Å²) in [6.07, 6.45) is 4.23. The number of para-hydroxylation sites is 1. The van der Waals surface area contributed by atoms with Gasteiger partial charge in [-0.25, -0.2) is 0 Å². The van der Waals surface area contributed by atoms with E-state index in [1.807, 2.05) is 41.3 Å². The Hall–Kier alpha value is -2.20. The van der Waals surface area contributed by atoms with Crippen molar-refractivity contribution >= 4 is 24.0 Å². The summed E-state index contributed by atoms with van der Waals surface area (Å²) in [5.41, 5.74) is 4.20. The average Bonchev–Trinajstić information content (AvgIpc) is 3.50. The predicted molar refractivity (Wildman–Crippen MR) is 106 cm³/mol. The quantitative estimate of drug-likeness (QED) is 0.851. The van der Waals surface area contributed by atoms with Crippen LogP contribution in [0.1, 0.15) is 40.7 Å². The normalized spacial score (nSPS) is 15.3. The van der Waals surface area contributed by atoms with Gasteiger partial charge in [0.15, 0.2) is 0 Å². The van der Waals surface area contributed by atoms with Gasteiger partial charge in [0.1, 0.15) is 5.75 Å². The van der Waals surface area contributed by atoms with Gasteiger partial charge in [0.05, 0.1) is 7.11 Å². The second kappa shape index (κ2) is 8.00. The minimum Gasteiger partial charge on any atom is -0.496 e. The minimum absolute atomic E-state index is 0. The second-order valence-electron chi connectivity index (χ2n) is 6.84. The van der Waals surface area contributed by atoms with Gasteiger partial charge in [-0.1, -0.05) is 24.3 Å². The Morgan fingerprint density at radius 1 is 1.19 bits per heavy atom. The van der Waals surface area contributed by atoms with Gasteiger partial charge in [0.25, 0.3) is 5.91 Å². The number of nitrogens with one attached hydrogen (secondary N) is 1. The highest BCUT2D eigenvalue weighted by molar-refractivity contribution is 5.97. The highest BCUT2D eigenvalue weighted by atomic mass is 35.5. The SMILES string of the molecule is COc1ccccc1CN(C(=O)c1cccc2c1CCCN2)C1CC1.Cl. The molecule has 2 aromatic rings. The summed E-state index contributed by atoms with van der Waals surface area (Å²) >= 11 is 0. The van der Waals surface area contributed by atoms with Crippen molar-refractivity contribution in [2.45, 2.75) is 38.3 Å². The fourth-order valence-corrected chi connectivity index (χ4v) is 3.64. The number of fused-ring (bicyclic) bond motifs is 1. The molecular formula is C21H25ClN2O2. The van der Waals surface area contributed by atoms with Crippen LogP contribution in [-0.4, -0.2) is 30.5 Å². The number of carbonyl (C=O) groups is 1. The van der Waals surface area contributed by atoms with Crippen molar-refractivity contribution in [3.05, 3.63) is 59.2 Å². The number of rotatable bonds is 5. The van der Waals surface area contributed by atoms with Gasteiger partial charge in [-0.3, -0.25) is 4.79 Å². The first-order valence-corrected chi connectivity index (χ1v) is 9.06. The maximum Gasteiger partial charge on any atom is 0.254 e. The molecule has 5 heteroatoms. The molecule has 4 rings (SSSR count). The lowest BCUT2D eigenvalue weighted by atomic mass is 9.96. The summed E-state index contributed by atoms with van der Waals surface area (Å²) in [4.78, 5) is 15.4. The van der Waals surface area contributed by atoms with Gasteiger partial charge in [-0.2, -0.15) is 0 Å². The number of methoxy groups -OCH3 is 1. The molecule has 1 fully saturated rings. The molecule has 1 N–H and O–H groups in total. The van der Waals surface area contributed by atoms with Crippen LogP contribution in [0.3, 0.4) is 0 Å². The number of hydrogen-bond donors (Lipinski definition) is 1. The Balaban J connectivity index is 0.00000196. The number of hydrogen-bond acceptors (Lipinski definition) is 3. The van der Waals surface area contributed by atoms with Crippen LogP contribution >= 0.6 is 12.4 Å². The molecule has 0 atom stereocenters. The number of carbonyl (C=O) groups excluding carboxylic acids is 1. The van der Waals surface area contributed by atoms with E-state index in [9.17, 15) is 4.79 Å². The Bertz CT molecular complexity index is 789. The minimum atomic E-state index is 0. The molecule has 0 saturated heterocycles. The van der Waals surface area contributed by atoms with E-state index < -0.39 is 0 Å². The van der Waals surface area contributed by atoms with Crippen molar-refractivity contribution < 1.29 is 9.53 Å². The van der Waals surface area contributed by atoms with E-state index in [4.69, 9.17) is 4.74 Å². The largest absolute Gasteiger partial charge is 0.496 e. The highest BCUT2D eigenvalue weighted by Crippen LogP contribution is 2.34. The van der Waals surface area contributed by atoms with Gasteiger partial charge in [-0.15, -0.1) is 12.4 Å². The highest BCUT2D eigenvalue weighted by Gasteiger charge is 2.34. The molecule has 4 nitrogen and oxygen atoms in total. The summed E-state index contributed by atoms with van der Waals surface area (Å²) in [6.45, 7) is 1.59. The molecule has 0 spiro atoms. The molecule has 26 heavy (non-hydrogen) atoms. The van der Waals surface area contributed by atoms with E-state index in [2.05, 4.69) is 11.4 Å². The van der Waals surface area contributed by atoms with Crippen molar-refractivity contribution in [2.24, 2.45) is 0 Å². The first kappa shape index (κ1) is 18.6. The zero-order valence-corrected chi connectivity index (χ0v) is 15.8. The summed E-state index contributed by atoms with van der Waals surface area (Å²) in [5, 5.41) is 3.42. The average molecular weight is 373 g/mol. The third-order valence-electron chi connectivity index (χ3n) is 5.11. The van der Waals surface area contributed by atoms with Crippen molar-refractivity contribution in [1.29, 1.82) is 0 Å². The van der Waals surface area contributed by atoms with Gasteiger partial charge in [0, 0.05) is 35.9 Å². The fraction of sp³-hybridized carbons (Fsp3) is 0.381. The van der Waals surface area contributed by atoms with E-state index in [-0.39, 0.29) is 18.3 Å². The first-order valence-electron chi connectivity index (χ1n) is 9.06. The van der Waals surface area contributed by atoms with Crippen LogP contribution < -0.4 is 10.1 Å². The zero-order chi connectivity index (χ0) is 17.2. The predicted octanol–water partition coefficient (Wildman–Crippen LogP) is 4.28. The number of ether oxygens (including phenoxy) is 1. The van der Waals surface area contributed by atoms with E-state index >= 15 is 0 Å². The number of nitrogens with zero attached hydrogens (tertiary/aromatic N) is 1. The lowest BCUT2D eigenvalue weighted by Gasteiger charge is -2.27. The number of benzene rings is 2. The first-order chi connectivity index (χ1) is 12.3. The number of amides is 1. The van der Waals surface area contributed by atoms with E-state index in [0.717, 1.165) is 54.8 Å². The molecule has 138 valence electrons. The molecule has 1 aliphatic heterocycles. The molecule has 1 amide bonds. The summed E-state index contributed by atoms with van der Waals surface area (Å²) < 4.78 is 5.47. The van der Waals surface area contributed by atoms with Crippen molar-refractivity contribution in [2.75, 3.05) is 19.0 Å². The van der Waals surface area contributed by atoms with E-state index in [0.29, 0.717) is 12.6 Å². The lowest BCUT2D eigenvalue weighted by Crippen LogP contribution is -2.34. The molecule has 1 saturated carbocycles. The van der Waals surface area contributed by atoms with Gasteiger partial charge in [-0.05, 0) is 49.4 Å². The standard InChI is InChI=1S/C21H24N2O2.ClH/c1-25-20-10-3-2-6-15(20)14-23(16-11-12-16)21(24)18-7-4-9-19-17(18)8-5-13-22-19;/h2-4,6-7,9-10,16,22H,5,8,11-14H2,1H3;1H. The number of halogens is 1. The van der Waals surface area contributed by atoms with Crippen molar-refractivity contribution in [3.8, 4) is 5.75 Å². The van der Waals surface area contributed by atoms with Crippen LogP contribution in [0.2, 0.25) is 0 Å². The van der Waals surface area contributed by atoms with Gasteiger partial charge < -0.3 is 15.0 Å². The molecule has 1 heterocycles. The van der Waals surface area contributed by atoms with Crippen molar-refractivity contribution in [1.82, 2.24) is 4.90 Å². The third-order valence-corrected chi connectivity index (χ3v) is 5.11. The van der Waals surface area contributed by atoms with Crippen LogP contribution in [0.15, 0.2) is 42.5 Å². The number of anilines is 1. The molecule has 1 aliphatic carbocycles. The maximum atomic E-state index is 13.4. The third kappa shape index (κ3) is 3.65. The van der Waals surface area contributed by atoms with Crippen LogP contribution in [-0.2, 0) is 13.0 Å². The maximum absolute atomic E-state index is 13.4. The van der Waals surface area contributed by atoms with Gasteiger partial charge in [0.2, 0.25) is 0 Å². The summed E-state index contributed by atoms with van der Waals surface area (Å²) in [5.74, 6) is 0.992. The lowest BCUT2D eigenvalue weighted by molar-refractivity contribution is 0.0727. The van der Waals surface area contributed by atoms with E-state index in [1.165, 1.54) is 5.56 Å². The topological polar surface area (TPSA) is 41.6 Å². The fourth-order valence-electron chi connectivity index (χ4n) is 3.64. The van der Waals surface area contributed by atoms with Crippen LogP contribution in [0.5, 0.6) is 5.75 Å². The molecular weight excluding hydrogens is 348 g/mol. The van der Waals surface area contributed by atoms with Crippen LogP contribution in [0.25, 0.3) is 0 Å². The molecule has 0 radical (unpaired) electrons. The second-order valence-corrected chi connectivity index (χ2v) is 6.84. The Morgan fingerprint density at radius 2 is 2.00 bits per heavy atom. The monoisotopic (exact) mass is 372 g/mol. The Morgan fingerprint density at radius 3 is 2.77 bits per heavy atom. The molecule has 0 aromatic heterocycles. The molecule has 0 unspecified atom stereocenters. The molecule has 2 aromatic carbocycles. The Kier molecular flexibility index (Phi) is 5.72. The van der Waals surface area contributed by atoms with E-state index in [1.54, 1.807) is 7.11 Å². The van der Waals surface area contributed by atoms with Gasteiger partial charge >= 0.3 is 0 Å². The zero-order valence-electron chi connectivity index (χ0n) is 15.0. The molecule has 0 bridgehead atoms. The van der Waals surface area contributed by atoms with Crippen LogP contribution in [0.4, 0.5) is 5.69 Å². The summed E-state index contributed by atoms with van der Waals surface area (Å²) in [7, 11) is 1.68. The van der Waals surface area contributed by atoms with Crippen LogP contribution in [0, 0.1) is 0 Å². The molecule has 2 aliphatic rings. The summed E-state index contributed by atoms with van der Waals surface area (Å²) in [6, 6.07) is 14.4. The Labute approximate surface area is 160 Å². The smallest absolute Gasteiger partial charge is 0.254 e. The van der Waals surface area contributed by atoms with Crippen molar-refractivity contribution in [3.63, 3.8) is 0 Å².